The molecule has 2 rings (SSSR count). The number of anilines is 2. The van der Waals surface area contributed by atoms with Gasteiger partial charge in [0.1, 0.15) is 0 Å². The molecule has 0 atom stereocenters. The maximum Gasteiger partial charge on any atom is 0.232 e. The van der Waals surface area contributed by atoms with Crippen molar-refractivity contribution in [1.29, 1.82) is 0 Å². The molecule has 0 fully saturated rings. The largest absolute Gasteiger partial charge is 0.326 e. The van der Waals surface area contributed by atoms with Gasteiger partial charge in [-0.3, -0.25) is 9.10 Å². The van der Waals surface area contributed by atoms with Crippen LogP contribution < -0.4 is 9.62 Å². The lowest BCUT2D eigenvalue weighted by atomic mass is 10.2. The van der Waals surface area contributed by atoms with Gasteiger partial charge in [-0.2, -0.15) is 0 Å². The van der Waals surface area contributed by atoms with E-state index in [2.05, 4.69) is 5.32 Å². The van der Waals surface area contributed by atoms with Crippen LogP contribution in [0.5, 0.6) is 0 Å². The standard InChI is InChI=1S/C18H22N2O3S/c1-15-8-6-9-16(14-15)19-18(21)12-7-13-20(24(2,22)23)17-10-4-3-5-11-17/h3-6,8-11,14H,7,12-13H2,1-2H3,(H,19,21). The first-order valence-electron chi connectivity index (χ1n) is 7.75. The minimum Gasteiger partial charge on any atom is -0.326 e. The fourth-order valence-corrected chi connectivity index (χ4v) is 3.38. The summed E-state index contributed by atoms with van der Waals surface area (Å²) in [6.45, 7) is 2.23. The number of nitrogens with zero attached hydrogens (tertiary/aromatic N) is 1. The number of aryl methyl sites for hydroxylation is 1. The predicted octanol–water partition coefficient (Wildman–Crippen LogP) is 3.18. The number of hydrogen-bond donors (Lipinski definition) is 1. The summed E-state index contributed by atoms with van der Waals surface area (Å²) in [5.74, 6) is -0.123. The van der Waals surface area contributed by atoms with Gasteiger partial charge in [-0.1, -0.05) is 30.3 Å². The average Bonchev–Trinajstić information content (AvgIpc) is 2.51. The van der Waals surface area contributed by atoms with Gasteiger partial charge in [-0.15, -0.1) is 0 Å². The number of sulfonamides is 1. The van der Waals surface area contributed by atoms with Crippen molar-refractivity contribution in [2.75, 3.05) is 22.4 Å². The molecular formula is C18H22N2O3S. The molecule has 0 unspecified atom stereocenters. The molecular weight excluding hydrogens is 324 g/mol. The number of rotatable bonds is 7. The Hall–Kier alpha value is -2.34. The molecule has 0 saturated heterocycles. The molecule has 2 aromatic rings. The Morgan fingerprint density at radius 3 is 2.42 bits per heavy atom. The first-order valence-corrected chi connectivity index (χ1v) is 9.60. The minimum absolute atomic E-state index is 0.123. The fourth-order valence-electron chi connectivity index (χ4n) is 2.41. The van der Waals surface area contributed by atoms with Crippen LogP contribution in [0, 0.1) is 6.92 Å². The molecule has 0 saturated carbocycles. The summed E-state index contributed by atoms with van der Waals surface area (Å²) in [6, 6.07) is 16.5. The van der Waals surface area contributed by atoms with E-state index in [-0.39, 0.29) is 18.9 Å². The van der Waals surface area contributed by atoms with Crippen molar-refractivity contribution in [3.05, 3.63) is 60.2 Å². The first-order chi connectivity index (χ1) is 11.4. The third kappa shape index (κ3) is 5.38. The molecule has 0 aliphatic heterocycles. The smallest absolute Gasteiger partial charge is 0.232 e. The van der Waals surface area contributed by atoms with Gasteiger partial charge in [0.2, 0.25) is 15.9 Å². The van der Waals surface area contributed by atoms with E-state index in [9.17, 15) is 13.2 Å². The van der Waals surface area contributed by atoms with Crippen LogP contribution in [0.15, 0.2) is 54.6 Å². The van der Waals surface area contributed by atoms with Crippen LogP contribution in [-0.2, 0) is 14.8 Å². The highest BCUT2D eigenvalue weighted by atomic mass is 32.2. The second-order valence-corrected chi connectivity index (χ2v) is 7.60. The van der Waals surface area contributed by atoms with Crippen LogP contribution in [0.2, 0.25) is 0 Å². The summed E-state index contributed by atoms with van der Waals surface area (Å²) in [7, 11) is -3.38. The SMILES string of the molecule is Cc1cccc(NC(=O)CCCN(c2ccccc2)S(C)(=O)=O)c1. The molecule has 0 spiro atoms. The van der Waals surface area contributed by atoms with Crippen molar-refractivity contribution in [2.45, 2.75) is 19.8 Å². The molecule has 2 aromatic carbocycles. The van der Waals surface area contributed by atoms with E-state index in [1.54, 1.807) is 24.3 Å². The molecule has 0 aromatic heterocycles. The number of amides is 1. The van der Waals surface area contributed by atoms with Gasteiger partial charge >= 0.3 is 0 Å². The van der Waals surface area contributed by atoms with Crippen molar-refractivity contribution >= 4 is 27.3 Å². The number of carbonyl (C=O) groups is 1. The van der Waals surface area contributed by atoms with E-state index in [1.807, 2.05) is 37.3 Å². The molecule has 1 N–H and O–H groups in total. The lowest BCUT2D eigenvalue weighted by Gasteiger charge is -2.22. The van der Waals surface area contributed by atoms with Crippen molar-refractivity contribution in [1.82, 2.24) is 0 Å². The zero-order valence-corrected chi connectivity index (χ0v) is 14.7. The fraction of sp³-hybridized carbons (Fsp3) is 0.278. The van der Waals surface area contributed by atoms with E-state index in [4.69, 9.17) is 0 Å². The molecule has 0 aliphatic rings. The highest BCUT2D eigenvalue weighted by molar-refractivity contribution is 7.92. The minimum atomic E-state index is -3.38. The van der Waals surface area contributed by atoms with Crippen LogP contribution in [0.3, 0.4) is 0 Å². The molecule has 24 heavy (non-hydrogen) atoms. The average molecular weight is 346 g/mol. The van der Waals surface area contributed by atoms with Gasteiger partial charge in [-0.05, 0) is 43.2 Å². The molecule has 5 nitrogen and oxygen atoms in total. The molecule has 0 radical (unpaired) electrons. The maximum atomic E-state index is 12.0. The molecule has 1 amide bonds. The van der Waals surface area contributed by atoms with Crippen molar-refractivity contribution in [3.8, 4) is 0 Å². The van der Waals surface area contributed by atoms with Gasteiger partial charge in [0.15, 0.2) is 0 Å². The second-order valence-electron chi connectivity index (χ2n) is 5.69. The molecule has 0 aliphatic carbocycles. The number of para-hydroxylation sites is 1. The monoisotopic (exact) mass is 346 g/mol. The molecule has 0 bridgehead atoms. The summed E-state index contributed by atoms with van der Waals surface area (Å²) >= 11 is 0. The van der Waals surface area contributed by atoms with Gasteiger partial charge in [0.05, 0.1) is 11.9 Å². The molecule has 6 heteroatoms. The number of carbonyl (C=O) groups excluding carboxylic acids is 1. The normalized spacial score (nSPS) is 11.1. The van der Waals surface area contributed by atoms with Gasteiger partial charge < -0.3 is 5.32 Å². The maximum absolute atomic E-state index is 12.0. The van der Waals surface area contributed by atoms with E-state index in [0.29, 0.717) is 12.1 Å². The number of benzene rings is 2. The van der Waals surface area contributed by atoms with Crippen molar-refractivity contribution in [2.24, 2.45) is 0 Å². The zero-order chi connectivity index (χ0) is 17.6. The highest BCUT2D eigenvalue weighted by Crippen LogP contribution is 2.17. The summed E-state index contributed by atoms with van der Waals surface area (Å²) < 4.78 is 25.2. The second kappa shape index (κ2) is 7.97. The third-order valence-electron chi connectivity index (χ3n) is 3.51. The molecule has 0 heterocycles. The Bertz CT molecular complexity index is 789. The zero-order valence-electron chi connectivity index (χ0n) is 13.9. The lowest BCUT2D eigenvalue weighted by molar-refractivity contribution is -0.116. The van der Waals surface area contributed by atoms with E-state index >= 15 is 0 Å². The molecule has 128 valence electrons. The summed E-state index contributed by atoms with van der Waals surface area (Å²) in [5.41, 5.74) is 2.43. The number of nitrogens with one attached hydrogen (secondary N) is 1. The van der Waals surface area contributed by atoms with E-state index in [0.717, 1.165) is 11.3 Å². The Kier molecular flexibility index (Phi) is 5.98. The van der Waals surface area contributed by atoms with Crippen LogP contribution in [-0.4, -0.2) is 27.1 Å². The summed E-state index contributed by atoms with van der Waals surface area (Å²) in [4.78, 5) is 12.0. The third-order valence-corrected chi connectivity index (χ3v) is 4.71. The van der Waals surface area contributed by atoms with Crippen molar-refractivity contribution < 1.29 is 13.2 Å². The van der Waals surface area contributed by atoms with E-state index in [1.165, 1.54) is 10.6 Å². The van der Waals surface area contributed by atoms with Crippen LogP contribution in [0.25, 0.3) is 0 Å². The van der Waals surface area contributed by atoms with Crippen molar-refractivity contribution in [3.63, 3.8) is 0 Å². The Morgan fingerprint density at radius 1 is 1.08 bits per heavy atom. The van der Waals surface area contributed by atoms with Crippen LogP contribution >= 0.6 is 0 Å². The van der Waals surface area contributed by atoms with Crippen LogP contribution in [0.1, 0.15) is 18.4 Å². The summed E-state index contributed by atoms with van der Waals surface area (Å²) in [6.07, 6.45) is 1.87. The van der Waals surface area contributed by atoms with Crippen LogP contribution in [0.4, 0.5) is 11.4 Å². The number of hydrogen-bond acceptors (Lipinski definition) is 3. The Morgan fingerprint density at radius 2 is 1.79 bits per heavy atom. The predicted molar refractivity (Wildman–Crippen MR) is 97.7 cm³/mol. The topological polar surface area (TPSA) is 66.5 Å². The van der Waals surface area contributed by atoms with Gasteiger partial charge in [0, 0.05) is 18.7 Å². The Labute approximate surface area is 143 Å². The highest BCUT2D eigenvalue weighted by Gasteiger charge is 2.17. The Balaban J connectivity index is 1.92. The first kappa shape index (κ1) is 18.0. The van der Waals surface area contributed by atoms with Gasteiger partial charge in [-0.25, -0.2) is 8.42 Å². The van der Waals surface area contributed by atoms with Gasteiger partial charge in [0.25, 0.3) is 0 Å². The summed E-state index contributed by atoms with van der Waals surface area (Å²) in [5, 5.41) is 2.83. The lowest BCUT2D eigenvalue weighted by Crippen LogP contribution is -2.31. The van der Waals surface area contributed by atoms with E-state index < -0.39 is 10.0 Å². The quantitative estimate of drug-likeness (QED) is 0.837.